The topological polar surface area (TPSA) is 38.9 Å². The predicted octanol–water partition coefficient (Wildman–Crippen LogP) is 17.8. The fraction of sp³-hybridized carbons (Fsp3) is 0. The standard InChI is InChI=1S/C65H42N2/c1-2-3-15-42-16-14-27-45(64(42)66)40-28-30-41(31-29-40)63-39-59(44-33-35-56-51-22-7-5-18-47(51)49-20-9-11-24-53(49)61(56)37-44)62-38-58(54-25-12-13-26-57(54)65(62)67-63)43-32-34-55-50-21-6-4-17-46(50)48-19-8-10-23-52(48)60(55)36-43/h2-39H,1,66H2/b15-3-. The van der Waals surface area contributed by atoms with Crippen molar-refractivity contribution in [1.29, 1.82) is 0 Å². The Hall–Kier alpha value is -8.85. The molecule has 0 atom stereocenters. The van der Waals surface area contributed by atoms with Crippen molar-refractivity contribution < 1.29 is 0 Å². The summed E-state index contributed by atoms with van der Waals surface area (Å²) >= 11 is 0. The number of nitrogens with two attached hydrogens (primary N) is 1. The van der Waals surface area contributed by atoms with E-state index in [1.165, 1.54) is 81.1 Å². The third-order valence-corrected chi connectivity index (χ3v) is 14.0. The van der Waals surface area contributed by atoms with Gasteiger partial charge in [0.25, 0.3) is 0 Å². The number of hydrogen-bond acceptors (Lipinski definition) is 2. The van der Waals surface area contributed by atoms with E-state index in [-0.39, 0.29) is 0 Å². The van der Waals surface area contributed by atoms with Crippen LogP contribution in [0.3, 0.4) is 0 Å². The van der Waals surface area contributed by atoms with E-state index >= 15 is 0 Å². The molecule has 67 heavy (non-hydrogen) atoms. The van der Waals surface area contributed by atoms with Crippen molar-refractivity contribution in [2.45, 2.75) is 0 Å². The number of benzene rings is 12. The van der Waals surface area contributed by atoms with Gasteiger partial charge in [0.05, 0.1) is 11.2 Å². The first-order valence-electron chi connectivity index (χ1n) is 22.9. The van der Waals surface area contributed by atoms with Crippen LogP contribution in [0.15, 0.2) is 231 Å². The van der Waals surface area contributed by atoms with Gasteiger partial charge >= 0.3 is 0 Å². The Kier molecular flexibility index (Phi) is 8.87. The zero-order valence-corrected chi connectivity index (χ0v) is 36.7. The number of fused-ring (bicyclic) bond motifs is 15. The van der Waals surface area contributed by atoms with Gasteiger partial charge in [-0.2, -0.15) is 0 Å². The Morgan fingerprint density at radius 1 is 0.328 bits per heavy atom. The predicted molar refractivity (Wildman–Crippen MR) is 290 cm³/mol. The molecular weight excluding hydrogens is 809 g/mol. The maximum absolute atomic E-state index is 6.74. The van der Waals surface area contributed by atoms with Crippen LogP contribution in [0.5, 0.6) is 0 Å². The Morgan fingerprint density at radius 3 is 1.25 bits per heavy atom. The van der Waals surface area contributed by atoms with Gasteiger partial charge in [-0.15, -0.1) is 0 Å². The van der Waals surface area contributed by atoms with Crippen LogP contribution in [0.1, 0.15) is 5.56 Å². The Bertz CT molecular complexity index is 4160. The SMILES string of the molecule is C=C/C=C\c1cccc(-c2ccc(-c3cc(-c4ccc5c6ccccc6c6ccccc6c5c4)c4cc(-c5ccc6c7ccccc7c7ccccc7c6c5)c5ccccc5c4n3)cc2)c1N. The van der Waals surface area contributed by atoms with E-state index in [0.29, 0.717) is 0 Å². The minimum absolute atomic E-state index is 0.742. The lowest BCUT2D eigenvalue weighted by Gasteiger charge is -2.18. The summed E-state index contributed by atoms with van der Waals surface area (Å²) in [5, 5.41) is 18.5. The van der Waals surface area contributed by atoms with Crippen LogP contribution in [0.2, 0.25) is 0 Å². The summed E-state index contributed by atoms with van der Waals surface area (Å²) in [4.78, 5) is 5.60. The Balaban J connectivity index is 1.07. The van der Waals surface area contributed by atoms with Crippen molar-refractivity contribution in [3.05, 3.63) is 237 Å². The number of nitrogens with zero attached hydrogens (tertiary/aromatic N) is 1. The van der Waals surface area contributed by atoms with E-state index in [0.717, 1.165) is 61.1 Å². The van der Waals surface area contributed by atoms with E-state index in [1.54, 1.807) is 6.08 Å². The molecule has 0 fully saturated rings. The first-order valence-corrected chi connectivity index (χ1v) is 22.9. The summed E-state index contributed by atoms with van der Waals surface area (Å²) in [5.41, 5.74) is 18.1. The van der Waals surface area contributed by atoms with Crippen molar-refractivity contribution in [2.75, 3.05) is 5.73 Å². The molecule has 0 unspecified atom stereocenters. The van der Waals surface area contributed by atoms with Gasteiger partial charge in [-0.1, -0.05) is 213 Å². The Labute approximate surface area is 388 Å². The molecule has 0 aliphatic carbocycles. The smallest absolute Gasteiger partial charge is 0.0794 e. The molecule has 0 aliphatic heterocycles. The normalized spacial score (nSPS) is 11.9. The zero-order valence-electron chi connectivity index (χ0n) is 36.7. The van der Waals surface area contributed by atoms with Crippen molar-refractivity contribution in [3.8, 4) is 44.6 Å². The minimum Gasteiger partial charge on any atom is -0.398 e. The quantitative estimate of drug-likeness (QED) is 0.103. The minimum atomic E-state index is 0.742. The number of rotatable bonds is 6. The van der Waals surface area contributed by atoms with E-state index in [2.05, 4.69) is 213 Å². The molecule has 0 saturated heterocycles. The van der Waals surface area contributed by atoms with Crippen LogP contribution >= 0.6 is 0 Å². The average Bonchev–Trinajstić information content (AvgIpc) is 3.40. The second-order valence-corrected chi connectivity index (χ2v) is 17.6. The second kappa shape index (κ2) is 15.4. The molecular formula is C65H42N2. The summed E-state index contributed by atoms with van der Waals surface area (Å²) in [6.45, 7) is 3.83. The van der Waals surface area contributed by atoms with Crippen LogP contribution in [0, 0.1) is 0 Å². The molecule has 13 rings (SSSR count). The number of nitrogen functional groups attached to an aromatic ring is 1. The van der Waals surface area contributed by atoms with Crippen LogP contribution in [-0.2, 0) is 0 Å². The molecule has 0 amide bonds. The van der Waals surface area contributed by atoms with E-state index in [4.69, 9.17) is 10.7 Å². The number of pyridine rings is 1. The maximum Gasteiger partial charge on any atom is 0.0794 e. The van der Waals surface area contributed by atoms with Crippen molar-refractivity contribution >= 4 is 98.1 Å². The molecule has 1 aromatic heterocycles. The molecule has 0 spiro atoms. The lowest BCUT2D eigenvalue weighted by atomic mass is 9.87. The van der Waals surface area contributed by atoms with Crippen molar-refractivity contribution in [1.82, 2.24) is 4.98 Å². The highest BCUT2D eigenvalue weighted by atomic mass is 14.7. The average molecular weight is 851 g/mol. The Morgan fingerprint density at radius 2 is 0.746 bits per heavy atom. The summed E-state index contributed by atoms with van der Waals surface area (Å²) in [6.07, 6.45) is 5.68. The van der Waals surface area contributed by atoms with Gasteiger partial charge < -0.3 is 5.73 Å². The molecule has 0 saturated carbocycles. The third kappa shape index (κ3) is 6.15. The lowest BCUT2D eigenvalue weighted by molar-refractivity contribution is 1.41. The van der Waals surface area contributed by atoms with Gasteiger partial charge in [-0.25, -0.2) is 4.98 Å². The number of aromatic nitrogens is 1. The highest BCUT2D eigenvalue weighted by Gasteiger charge is 2.19. The second-order valence-electron chi connectivity index (χ2n) is 17.6. The van der Waals surface area contributed by atoms with Gasteiger partial charge in [-0.05, 0) is 128 Å². The van der Waals surface area contributed by atoms with E-state index in [1.807, 2.05) is 18.2 Å². The number of para-hydroxylation sites is 1. The van der Waals surface area contributed by atoms with Crippen molar-refractivity contribution in [3.63, 3.8) is 0 Å². The van der Waals surface area contributed by atoms with Crippen LogP contribution in [0.25, 0.3) is 137 Å². The van der Waals surface area contributed by atoms with Gasteiger partial charge in [-0.3, -0.25) is 0 Å². The van der Waals surface area contributed by atoms with Crippen molar-refractivity contribution in [2.24, 2.45) is 0 Å². The molecule has 0 radical (unpaired) electrons. The van der Waals surface area contributed by atoms with Gasteiger partial charge in [0.1, 0.15) is 0 Å². The molecule has 13 aromatic rings. The summed E-state index contributed by atoms with van der Waals surface area (Å²) in [7, 11) is 0. The first kappa shape index (κ1) is 38.6. The molecule has 2 nitrogen and oxygen atoms in total. The molecule has 12 aromatic carbocycles. The highest BCUT2D eigenvalue weighted by Crippen LogP contribution is 2.45. The fourth-order valence-electron chi connectivity index (χ4n) is 10.8. The van der Waals surface area contributed by atoms with E-state index < -0.39 is 0 Å². The van der Waals surface area contributed by atoms with Crippen LogP contribution in [-0.4, -0.2) is 4.98 Å². The highest BCUT2D eigenvalue weighted by molar-refractivity contribution is 6.28. The number of hydrogen-bond donors (Lipinski definition) is 1. The maximum atomic E-state index is 6.74. The molecule has 2 N–H and O–H groups in total. The van der Waals surface area contributed by atoms with Gasteiger partial charge in [0.15, 0.2) is 0 Å². The van der Waals surface area contributed by atoms with Gasteiger partial charge in [0, 0.05) is 27.6 Å². The zero-order chi connectivity index (χ0) is 44.6. The summed E-state index contributed by atoms with van der Waals surface area (Å²) in [5.74, 6) is 0. The molecule has 0 bridgehead atoms. The molecule has 312 valence electrons. The molecule has 2 heteroatoms. The monoisotopic (exact) mass is 850 g/mol. The lowest BCUT2D eigenvalue weighted by Crippen LogP contribution is -1.95. The van der Waals surface area contributed by atoms with Gasteiger partial charge in [0.2, 0.25) is 0 Å². The van der Waals surface area contributed by atoms with Crippen LogP contribution < -0.4 is 5.73 Å². The number of anilines is 1. The fourth-order valence-corrected chi connectivity index (χ4v) is 10.8. The van der Waals surface area contributed by atoms with Crippen LogP contribution in [0.4, 0.5) is 5.69 Å². The van der Waals surface area contributed by atoms with E-state index in [9.17, 15) is 0 Å². The third-order valence-electron chi connectivity index (χ3n) is 14.0. The number of allylic oxidation sites excluding steroid dienone is 2. The largest absolute Gasteiger partial charge is 0.398 e. The first-order chi connectivity index (χ1) is 33.1. The molecule has 0 aliphatic rings. The molecule has 1 heterocycles. The summed E-state index contributed by atoms with van der Waals surface area (Å²) < 4.78 is 0. The summed E-state index contributed by atoms with van der Waals surface area (Å²) in [6, 6.07) is 77.6.